The maximum Gasteiger partial charge on any atom is 0.330 e. The van der Waals surface area contributed by atoms with Crippen molar-refractivity contribution in [1.82, 2.24) is 15.1 Å². The summed E-state index contributed by atoms with van der Waals surface area (Å²) in [6.45, 7) is 4.62. The molecule has 0 spiro atoms. The van der Waals surface area contributed by atoms with Crippen LogP contribution in [0.4, 0.5) is 0 Å². The van der Waals surface area contributed by atoms with Crippen LogP contribution in [-0.2, 0) is 9.53 Å². The van der Waals surface area contributed by atoms with Crippen molar-refractivity contribution in [1.29, 1.82) is 0 Å². The van der Waals surface area contributed by atoms with Crippen LogP contribution in [0.1, 0.15) is 30.0 Å². The number of aromatic nitrogens is 2. The number of amides is 1. The number of aryl methyl sites for hydroxylation is 1. The average Bonchev–Trinajstić information content (AvgIpc) is 2.54. The molecule has 0 radical (unpaired) electrons. The van der Waals surface area contributed by atoms with Gasteiger partial charge in [-0.05, 0) is 32.9 Å². The van der Waals surface area contributed by atoms with Gasteiger partial charge in [0.15, 0.2) is 5.69 Å². The molecule has 0 aliphatic rings. The summed E-state index contributed by atoms with van der Waals surface area (Å²) in [7, 11) is 1.21. The van der Waals surface area contributed by atoms with Gasteiger partial charge < -0.3 is 10.1 Å². The molecule has 0 atom stereocenters. The SMILES string of the molecule is COC(=O)C(C)(C)NC(=O)c1nn(-c2ccccc2Cl)c(C)cc1=O. The number of hydrogen-bond donors (Lipinski definition) is 1. The molecule has 0 unspecified atom stereocenters. The van der Waals surface area contributed by atoms with E-state index in [2.05, 4.69) is 15.2 Å². The number of ether oxygens (including phenoxy) is 1. The number of hydrogen-bond acceptors (Lipinski definition) is 5. The van der Waals surface area contributed by atoms with Gasteiger partial charge in [-0.15, -0.1) is 0 Å². The summed E-state index contributed by atoms with van der Waals surface area (Å²) in [6.07, 6.45) is 0. The Bertz CT molecular complexity index is 890. The van der Waals surface area contributed by atoms with Crippen LogP contribution in [0.15, 0.2) is 35.1 Å². The van der Waals surface area contributed by atoms with E-state index in [1.165, 1.54) is 31.7 Å². The van der Waals surface area contributed by atoms with Gasteiger partial charge in [0.2, 0.25) is 5.43 Å². The number of halogens is 1. The minimum Gasteiger partial charge on any atom is -0.467 e. The van der Waals surface area contributed by atoms with Crippen molar-refractivity contribution < 1.29 is 14.3 Å². The molecule has 8 heteroatoms. The number of nitrogens with zero attached hydrogens (tertiary/aromatic N) is 2. The number of carbonyl (C=O) groups is 2. The number of esters is 1. The first-order chi connectivity index (χ1) is 11.7. The van der Waals surface area contributed by atoms with Gasteiger partial charge in [-0.2, -0.15) is 5.10 Å². The van der Waals surface area contributed by atoms with Crippen molar-refractivity contribution in [3.8, 4) is 5.69 Å². The molecular formula is C17H18ClN3O4. The Balaban J connectivity index is 2.48. The summed E-state index contributed by atoms with van der Waals surface area (Å²) in [4.78, 5) is 36.4. The molecule has 0 aliphatic carbocycles. The van der Waals surface area contributed by atoms with Crippen LogP contribution in [-0.4, -0.2) is 34.3 Å². The Morgan fingerprint density at radius 1 is 1.28 bits per heavy atom. The first-order valence-corrected chi connectivity index (χ1v) is 7.82. The van der Waals surface area contributed by atoms with Crippen LogP contribution in [0.25, 0.3) is 5.69 Å². The Labute approximate surface area is 149 Å². The van der Waals surface area contributed by atoms with Crippen LogP contribution in [0.2, 0.25) is 5.02 Å². The second kappa shape index (κ2) is 7.06. The summed E-state index contributed by atoms with van der Waals surface area (Å²) in [5.41, 5.74) is -1.16. The van der Waals surface area contributed by atoms with Crippen molar-refractivity contribution in [3.63, 3.8) is 0 Å². The largest absolute Gasteiger partial charge is 0.467 e. The minimum atomic E-state index is -1.31. The Morgan fingerprint density at radius 3 is 2.52 bits per heavy atom. The number of rotatable bonds is 4. The fourth-order valence-electron chi connectivity index (χ4n) is 2.22. The van der Waals surface area contributed by atoms with Crippen molar-refractivity contribution in [2.45, 2.75) is 26.3 Å². The second-order valence-electron chi connectivity index (χ2n) is 5.93. The molecule has 0 saturated carbocycles. The third-order valence-electron chi connectivity index (χ3n) is 3.52. The zero-order valence-electron chi connectivity index (χ0n) is 14.3. The minimum absolute atomic E-state index is 0.345. The third kappa shape index (κ3) is 3.88. The van der Waals surface area contributed by atoms with Crippen LogP contribution in [0.5, 0.6) is 0 Å². The normalized spacial score (nSPS) is 11.1. The van der Waals surface area contributed by atoms with E-state index in [1.807, 2.05) is 0 Å². The van der Waals surface area contributed by atoms with Gasteiger partial charge in [0.1, 0.15) is 5.54 Å². The van der Waals surface area contributed by atoms with Gasteiger partial charge >= 0.3 is 5.97 Å². The predicted octanol–water partition coefficient (Wildman–Crippen LogP) is 1.88. The van der Waals surface area contributed by atoms with E-state index in [0.717, 1.165) is 0 Å². The van der Waals surface area contributed by atoms with Gasteiger partial charge in [-0.25, -0.2) is 9.48 Å². The number of nitrogens with one attached hydrogen (secondary N) is 1. The molecule has 25 heavy (non-hydrogen) atoms. The molecule has 2 rings (SSSR count). The molecule has 1 heterocycles. The molecule has 0 fully saturated rings. The highest BCUT2D eigenvalue weighted by molar-refractivity contribution is 6.32. The van der Waals surface area contributed by atoms with Crippen LogP contribution in [0, 0.1) is 6.92 Å². The van der Waals surface area contributed by atoms with Crippen molar-refractivity contribution >= 4 is 23.5 Å². The van der Waals surface area contributed by atoms with Gasteiger partial charge in [0.05, 0.1) is 17.8 Å². The summed E-state index contributed by atoms with van der Waals surface area (Å²) >= 11 is 6.17. The van der Waals surface area contributed by atoms with Crippen molar-refractivity contribution in [2.75, 3.05) is 7.11 Å². The first-order valence-electron chi connectivity index (χ1n) is 7.44. The Kier molecular flexibility index (Phi) is 5.27. The van der Waals surface area contributed by atoms with E-state index in [0.29, 0.717) is 16.4 Å². The highest BCUT2D eigenvalue weighted by Crippen LogP contribution is 2.19. The molecule has 1 amide bonds. The summed E-state index contributed by atoms with van der Waals surface area (Å²) in [5, 5.41) is 7.00. The van der Waals surface area contributed by atoms with E-state index < -0.39 is 22.8 Å². The lowest BCUT2D eigenvalue weighted by Crippen LogP contribution is -2.51. The Hall–Kier alpha value is -2.67. The van der Waals surface area contributed by atoms with Gasteiger partial charge in [0.25, 0.3) is 5.91 Å². The van der Waals surface area contributed by atoms with Crippen LogP contribution in [0.3, 0.4) is 0 Å². The third-order valence-corrected chi connectivity index (χ3v) is 3.84. The standard InChI is InChI=1S/C17H18ClN3O4/c1-10-9-13(22)14(15(23)19-17(2,3)16(24)25-4)20-21(10)12-8-6-5-7-11(12)18/h5-9H,1-4H3,(H,19,23). The number of methoxy groups -OCH3 is 1. The predicted molar refractivity (Wildman–Crippen MR) is 93.1 cm³/mol. The second-order valence-corrected chi connectivity index (χ2v) is 6.34. The first kappa shape index (κ1) is 18.7. The number of benzene rings is 1. The Morgan fingerprint density at radius 2 is 1.92 bits per heavy atom. The molecule has 0 saturated heterocycles. The maximum absolute atomic E-state index is 12.5. The zero-order chi connectivity index (χ0) is 18.8. The van der Waals surface area contributed by atoms with Crippen molar-refractivity contribution in [2.24, 2.45) is 0 Å². The maximum atomic E-state index is 12.5. The van der Waals surface area contributed by atoms with Gasteiger partial charge in [-0.3, -0.25) is 9.59 Å². The van der Waals surface area contributed by atoms with Crippen LogP contribution < -0.4 is 10.7 Å². The fraction of sp³-hybridized carbons (Fsp3) is 0.294. The molecule has 0 bridgehead atoms. The number of para-hydroxylation sites is 1. The molecular weight excluding hydrogens is 346 g/mol. The quantitative estimate of drug-likeness (QED) is 0.837. The molecule has 1 aromatic heterocycles. The highest BCUT2D eigenvalue weighted by atomic mass is 35.5. The summed E-state index contributed by atoms with van der Waals surface area (Å²) in [6, 6.07) is 8.20. The summed E-state index contributed by atoms with van der Waals surface area (Å²) in [5.74, 6) is -1.42. The molecule has 1 N–H and O–H groups in total. The van der Waals surface area contributed by atoms with Gasteiger partial charge in [-0.1, -0.05) is 23.7 Å². The smallest absolute Gasteiger partial charge is 0.330 e. The topological polar surface area (TPSA) is 90.3 Å². The van der Waals surface area contributed by atoms with Gasteiger partial charge in [0, 0.05) is 11.8 Å². The lowest BCUT2D eigenvalue weighted by molar-refractivity contribution is -0.146. The molecule has 7 nitrogen and oxygen atoms in total. The molecule has 0 aliphatic heterocycles. The van der Waals surface area contributed by atoms with E-state index in [1.54, 1.807) is 31.2 Å². The lowest BCUT2D eigenvalue weighted by Gasteiger charge is -2.22. The monoisotopic (exact) mass is 363 g/mol. The zero-order valence-corrected chi connectivity index (χ0v) is 15.0. The summed E-state index contributed by atoms with van der Waals surface area (Å²) < 4.78 is 6.04. The molecule has 1 aromatic carbocycles. The van der Waals surface area contributed by atoms with Crippen molar-refractivity contribution in [3.05, 3.63) is 57.0 Å². The fourth-order valence-corrected chi connectivity index (χ4v) is 2.44. The lowest BCUT2D eigenvalue weighted by atomic mass is 10.1. The molecule has 2 aromatic rings. The average molecular weight is 364 g/mol. The highest BCUT2D eigenvalue weighted by Gasteiger charge is 2.32. The van der Waals surface area contributed by atoms with E-state index in [4.69, 9.17) is 11.6 Å². The van der Waals surface area contributed by atoms with E-state index in [-0.39, 0.29) is 5.69 Å². The molecule has 132 valence electrons. The van der Waals surface area contributed by atoms with Crippen LogP contribution >= 0.6 is 11.6 Å². The van der Waals surface area contributed by atoms with E-state index >= 15 is 0 Å². The number of carbonyl (C=O) groups excluding carboxylic acids is 2. The van der Waals surface area contributed by atoms with E-state index in [9.17, 15) is 14.4 Å².